The molecule has 3 aromatic rings. The second-order valence-electron chi connectivity index (χ2n) is 9.66. The summed E-state index contributed by atoms with van der Waals surface area (Å²) in [6, 6.07) is 19.9. The Labute approximate surface area is 246 Å². The van der Waals surface area contributed by atoms with E-state index in [0.29, 0.717) is 24.4 Å². The number of aryl methyl sites for hydroxylation is 1. The maximum Gasteiger partial charge on any atom is 0.258 e. The van der Waals surface area contributed by atoms with Crippen LogP contribution in [0.2, 0.25) is 0 Å². The molecule has 0 spiro atoms. The molecule has 0 radical (unpaired) electrons. The molecule has 0 aliphatic carbocycles. The van der Waals surface area contributed by atoms with Crippen LogP contribution in [0.15, 0.2) is 76.2 Å². The van der Waals surface area contributed by atoms with Gasteiger partial charge in [0.05, 0.1) is 13.2 Å². The zero-order valence-corrected chi connectivity index (χ0v) is 25.4. The van der Waals surface area contributed by atoms with Crippen molar-refractivity contribution in [1.29, 1.82) is 0 Å². The fourth-order valence-electron chi connectivity index (χ4n) is 4.59. The predicted octanol–water partition coefficient (Wildman–Crippen LogP) is 7.09. The molecule has 1 amide bonds. The Morgan fingerprint density at radius 1 is 1.05 bits per heavy atom. The number of nitrogens with zero attached hydrogens (tertiary/aromatic N) is 2. The van der Waals surface area contributed by atoms with Gasteiger partial charge in [0.25, 0.3) is 5.91 Å². The van der Waals surface area contributed by atoms with Crippen LogP contribution in [0, 0.1) is 5.82 Å². The number of aliphatic imine (C=N–C) groups is 1. The van der Waals surface area contributed by atoms with E-state index in [1.165, 1.54) is 6.07 Å². The van der Waals surface area contributed by atoms with Crippen LogP contribution in [0.5, 0.6) is 5.75 Å². The fourth-order valence-corrected chi connectivity index (χ4v) is 5.00. The Hall–Kier alpha value is -3.23. The van der Waals surface area contributed by atoms with Crippen molar-refractivity contribution in [1.82, 2.24) is 10.2 Å². The third-order valence-electron chi connectivity index (χ3n) is 6.86. The maximum atomic E-state index is 15.1. The molecular formula is C32H40BrFN4O2. The van der Waals surface area contributed by atoms with Gasteiger partial charge in [-0.3, -0.25) is 10.1 Å². The topological polar surface area (TPSA) is 66.0 Å². The molecule has 0 bridgehead atoms. The summed E-state index contributed by atoms with van der Waals surface area (Å²) in [4.78, 5) is 20.7. The zero-order chi connectivity index (χ0) is 28.9. The Bertz CT molecular complexity index is 1270. The van der Waals surface area contributed by atoms with Gasteiger partial charge in [0.1, 0.15) is 11.6 Å². The number of ether oxygens (including phenoxy) is 1. The summed E-state index contributed by atoms with van der Waals surface area (Å²) in [5, 5.41) is 6.16. The number of guanidine groups is 1. The first-order chi connectivity index (χ1) is 19.3. The minimum absolute atomic E-state index is 0.0157. The van der Waals surface area contributed by atoms with Crippen molar-refractivity contribution >= 4 is 33.5 Å². The van der Waals surface area contributed by atoms with Crippen molar-refractivity contribution in [2.24, 2.45) is 4.99 Å². The van der Waals surface area contributed by atoms with Crippen molar-refractivity contribution in [3.8, 4) is 5.75 Å². The molecule has 3 aromatic carbocycles. The van der Waals surface area contributed by atoms with Crippen LogP contribution in [-0.4, -0.2) is 49.6 Å². The van der Waals surface area contributed by atoms with E-state index in [1.807, 2.05) is 55.5 Å². The summed E-state index contributed by atoms with van der Waals surface area (Å²) in [6.45, 7) is 9.43. The molecule has 0 saturated heterocycles. The van der Waals surface area contributed by atoms with Gasteiger partial charge in [-0.05, 0) is 100 Å². The van der Waals surface area contributed by atoms with Crippen LogP contribution in [0.1, 0.15) is 55.1 Å². The lowest BCUT2D eigenvalue weighted by Gasteiger charge is -2.19. The van der Waals surface area contributed by atoms with E-state index in [-0.39, 0.29) is 11.6 Å². The standard InChI is InChI=1S/C32H40BrFN4O2/c1-5-38(6-2)21-11-12-23(3)35-32(36-26-13-8-7-9-14-26)37-31(39)28-15-10-16-29(34)27(28)19-17-24-22-25(33)18-20-30(24)40-4/h7-10,13-16,18,20,22-23H,5-6,11-12,17,19,21H2,1-4H3,(H2,35,36,37,39). The average Bonchev–Trinajstić information content (AvgIpc) is 2.95. The molecule has 1 unspecified atom stereocenters. The molecular weight excluding hydrogens is 571 g/mol. The first-order valence-electron chi connectivity index (χ1n) is 13.9. The maximum absolute atomic E-state index is 15.1. The van der Waals surface area contributed by atoms with Gasteiger partial charge in [-0.15, -0.1) is 0 Å². The van der Waals surface area contributed by atoms with Gasteiger partial charge in [0.2, 0.25) is 5.96 Å². The number of benzene rings is 3. The van der Waals surface area contributed by atoms with Crippen LogP contribution >= 0.6 is 15.9 Å². The number of methoxy groups -OCH3 is 1. The van der Waals surface area contributed by atoms with Crippen molar-refractivity contribution < 1.29 is 13.9 Å². The van der Waals surface area contributed by atoms with Crippen molar-refractivity contribution in [2.75, 3.05) is 32.1 Å². The summed E-state index contributed by atoms with van der Waals surface area (Å²) < 4.78 is 21.4. The Balaban J connectivity index is 1.80. The van der Waals surface area contributed by atoms with E-state index in [0.717, 1.165) is 53.9 Å². The Morgan fingerprint density at radius 2 is 1.80 bits per heavy atom. The molecule has 2 N–H and O–H groups in total. The first-order valence-corrected chi connectivity index (χ1v) is 14.7. The number of rotatable bonds is 13. The highest BCUT2D eigenvalue weighted by atomic mass is 79.9. The van der Waals surface area contributed by atoms with E-state index in [9.17, 15) is 4.79 Å². The van der Waals surface area contributed by atoms with E-state index >= 15 is 4.39 Å². The van der Waals surface area contributed by atoms with Crippen LogP contribution in [0.3, 0.4) is 0 Å². The third kappa shape index (κ3) is 9.45. The minimum atomic E-state index is -0.416. The van der Waals surface area contributed by atoms with Gasteiger partial charge in [-0.1, -0.05) is 54.0 Å². The van der Waals surface area contributed by atoms with E-state index in [2.05, 4.69) is 45.3 Å². The van der Waals surface area contributed by atoms with Gasteiger partial charge >= 0.3 is 0 Å². The number of carbonyl (C=O) groups excluding carboxylic acids is 1. The highest BCUT2D eigenvalue weighted by Crippen LogP contribution is 2.26. The number of hydrogen-bond acceptors (Lipinski definition) is 4. The molecule has 0 fully saturated rings. The average molecular weight is 612 g/mol. The van der Waals surface area contributed by atoms with Crippen LogP contribution in [0.25, 0.3) is 0 Å². The molecule has 0 saturated carbocycles. The number of halogens is 2. The summed E-state index contributed by atoms with van der Waals surface area (Å²) in [5.41, 5.74) is 2.37. The Morgan fingerprint density at radius 3 is 2.50 bits per heavy atom. The third-order valence-corrected chi connectivity index (χ3v) is 7.35. The first kappa shape index (κ1) is 31.3. The monoisotopic (exact) mass is 610 g/mol. The highest BCUT2D eigenvalue weighted by molar-refractivity contribution is 9.10. The lowest BCUT2D eigenvalue weighted by molar-refractivity contribution is 0.0975. The lowest BCUT2D eigenvalue weighted by Crippen LogP contribution is -2.37. The number of anilines is 1. The SMILES string of the molecule is CCN(CC)CCCC(C)N=C(NC(=O)c1cccc(F)c1CCc1cc(Br)ccc1OC)Nc1ccccc1. The normalized spacial score (nSPS) is 12.3. The quantitative estimate of drug-likeness (QED) is 0.160. The molecule has 8 heteroatoms. The van der Waals surface area contributed by atoms with Gasteiger partial charge in [0.15, 0.2) is 0 Å². The number of para-hydroxylation sites is 1. The molecule has 0 aromatic heterocycles. The molecule has 0 heterocycles. The van der Waals surface area contributed by atoms with Crippen LogP contribution in [-0.2, 0) is 12.8 Å². The number of hydrogen-bond donors (Lipinski definition) is 2. The smallest absolute Gasteiger partial charge is 0.258 e. The van der Waals surface area contributed by atoms with Gasteiger partial charge in [-0.25, -0.2) is 9.38 Å². The van der Waals surface area contributed by atoms with E-state index in [4.69, 9.17) is 9.73 Å². The van der Waals surface area contributed by atoms with Crippen LogP contribution < -0.4 is 15.4 Å². The number of carbonyl (C=O) groups is 1. The Kier molecular flexibility index (Phi) is 12.6. The molecule has 6 nitrogen and oxygen atoms in total. The van der Waals surface area contributed by atoms with Crippen molar-refractivity contribution in [3.05, 3.63) is 93.7 Å². The largest absolute Gasteiger partial charge is 0.496 e. The van der Waals surface area contributed by atoms with Crippen molar-refractivity contribution in [2.45, 2.75) is 52.5 Å². The van der Waals surface area contributed by atoms with Gasteiger partial charge in [0, 0.05) is 21.3 Å². The summed E-state index contributed by atoms with van der Waals surface area (Å²) in [5.74, 6) is 0.242. The minimum Gasteiger partial charge on any atom is -0.496 e. The molecule has 0 aliphatic heterocycles. The zero-order valence-electron chi connectivity index (χ0n) is 23.8. The highest BCUT2D eigenvalue weighted by Gasteiger charge is 2.18. The molecule has 40 heavy (non-hydrogen) atoms. The molecule has 0 aliphatic rings. The van der Waals surface area contributed by atoms with E-state index in [1.54, 1.807) is 19.2 Å². The summed E-state index contributed by atoms with van der Waals surface area (Å²) >= 11 is 3.49. The number of amides is 1. The van der Waals surface area contributed by atoms with E-state index < -0.39 is 11.7 Å². The predicted molar refractivity (Wildman–Crippen MR) is 166 cm³/mol. The second-order valence-corrected chi connectivity index (χ2v) is 10.6. The van der Waals surface area contributed by atoms with Crippen molar-refractivity contribution in [3.63, 3.8) is 0 Å². The molecule has 1 atom stereocenters. The van der Waals surface area contributed by atoms with Gasteiger partial charge in [-0.2, -0.15) is 0 Å². The summed E-state index contributed by atoms with van der Waals surface area (Å²) in [7, 11) is 1.61. The second kappa shape index (κ2) is 16.1. The van der Waals surface area contributed by atoms with Gasteiger partial charge < -0.3 is 15.0 Å². The van der Waals surface area contributed by atoms with Crippen LogP contribution in [0.4, 0.5) is 10.1 Å². The number of nitrogens with one attached hydrogen (secondary N) is 2. The summed E-state index contributed by atoms with van der Waals surface area (Å²) in [6.07, 6.45) is 2.73. The fraction of sp³-hybridized carbons (Fsp3) is 0.375. The molecule has 214 valence electrons. The lowest BCUT2D eigenvalue weighted by atomic mass is 9.98. The molecule has 3 rings (SSSR count).